The summed E-state index contributed by atoms with van der Waals surface area (Å²) < 4.78 is 41.9. The van der Waals surface area contributed by atoms with Crippen LogP contribution in [0.15, 0.2) is 78.4 Å². The Labute approximate surface area is 247 Å². The van der Waals surface area contributed by atoms with Crippen LogP contribution in [0.1, 0.15) is 47.2 Å². The number of Topliss-reactive ketones (excluding diaryl/α,β-unsaturated/α-hetero) is 1. The first-order chi connectivity index (χ1) is 20.6. The molecule has 0 aliphatic heterocycles. The SMILES string of the molecule is C=Cc1nc2c(Oc3ccc(CC(=O)c4cn(C(C)C)c(C)c(-c5ccc(F)cc5)c4=O)cc3F)ccnc2cc1OC. The minimum atomic E-state index is -0.691. The highest BCUT2D eigenvalue weighted by molar-refractivity contribution is 5.98. The van der Waals surface area contributed by atoms with Gasteiger partial charge in [0, 0.05) is 48.2 Å². The number of ether oxygens (including phenoxy) is 2. The van der Waals surface area contributed by atoms with Crippen LogP contribution in [0.3, 0.4) is 0 Å². The number of hydrogen-bond donors (Lipinski definition) is 0. The first-order valence-electron chi connectivity index (χ1n) is 13.6. The van der Waals surface area contributed by atoms with Gasteiger partial charge in [0.2, 0.25) is 0 Å². The number of rotatable bonds is 9. The quantitative estimate of drug-likeness (QED) is 0.168. The summed E-state index contributed by atoms with van der Waals surface area (Å²) in [7, 11) is 1.51. The molecule has 0 bridgehead atoms. The van der Waals surface area contributed by atoms with Crippen LogP contribution in [0.5, 0.6) is 17.2 Å². The Morgan fingerprint density at radius 1 is 1.05 bits per heavy atom. The first-order valence-corrected chi connectivity index (χ1v) is 13.6. The molecule has 0 atom stereocenters. The number of carbonyl (C=O) groups excluding carboxylic acids is 1. The van der Waals surface area contributed by atoms with E-state index in [9.17, 15) is 14.0 Å². The van der Waals surface area contributed by atoms with Gasteiger partial charge >= 0.3 is 0 Å². The summed E-state index contributed by atoms with van der Waals surface area (Å²) in [5.41, 5.74) is 2.75. The van der Waals surface area contributed by atoms with Crippen LogP contribution in [0.2, 0.25) is 0 Å². The zero-order valence-electron chi connectivity index (χ0n) is 24.2. The topological polar surface area (TPSA) is 83.3 Å². The molecule has 218 valence electrons. The monoisotopic (exact) mass is 581 g/mol. The minimum Gasteiger partial charge on any atom is -0.494 e. The third-order valence-electron chi connectivity index (χ3n) is 7.14. The van der Waals surface area contributed by atoms with E-state index in [0.717, 1.165) is 0 Å². The van der Waals surface area contributed by atoms with Crippen LogP contribution in [0, 0.1) is 18.6 Å². The predicted octanol–water partition coefficient (Wildman–Crippen LogP) is 7.50. The third kappa shape index (κ3) is 5.79. The molecule has 0 fully saturated rings. The average Bonchev–Trinajstić information content (AvgIpc) is 2.98. The fourth-order valence-corrected chi connectivity index (χ4v) is 4.99. The molecule has 0 spiro atoms. The predicted molar refractivity (Wildman–Crippen MR) is 162 cm³/mol. The van der Waals surface area contributed by atoms with E-state index in [1.165, 1.54) is 55.8 Å². The lowest BCUT2D eigenvalue weighted by Crippen LogP contribution is -2.24. The van der Waals surface area contributed by atoms with Gasteiger partial charge in [0.25, 0.3) is 0 Å². The summed E-state index contributed by atoms with van der Waals surface area (Å²) in [6, 6.07) is 13.0. The van der Waals surface area contributed by atoms with Crippen molar-refractivity contribution in [1.29, 1.82) is 0 Å². The Balaban J connectivity index is 1.45. The maximum atomic E-state index is 15.3. The van der Waals surface area contributed by atoms with Gasteiger partial charge in [-0.05, 0) is 62.2 Å². The van der Waals surface area contributed by atoms with Crippen LogP contribution >= 0.6 is 0 Å². The van der Waals surface area contributed by atoms with Gasteiger partial charge in [-0.1, -0.05) is 24.8 Å². The number of halogens is 2. The number of aromatic nitrogens is 3. The van der Waals surface area contributed by atoms with Crippen molar-refractivity contribution in [3.8, 4) is 28.4 Å². The molecule has 0 radical (unpaired) electrons. The van der Waals surface area contributed by atoms with E-state index >= 15 is 4.39 Å². The number of carbonyl (C=O) groups is 1. The van der Waals surface area contributed by atoms with Gasteiger partial charge in [-0.2, -0.15) is 0 Å². The number of benzene rings is 2. The van der Waals surface area contributed by atoms with Gasteiger partial charge in [0.1, 0.15) is 22.8 Å². The molecule has 43 heavy (non-hydrogen) atoms. The zero-order valence-corrected chi connectivity index (χ0v) is 24.2. The van der Waals surface area contributed by atoms with Gasteiger partial charge in [-0.15, -0.1) is 0 Å². The second-order valence-corrected chi connectivity index (χ2v) is 10.3. The van der Waals surface area contributed by atoms with Crippen molar-refractivity contribution in [2.24, 2.45) is 0 Å². The van der Waals surface area contributed by atoms with Crippen molar-refractivity contribution in [3.05, 3.63) is 118 Å². The van der Waals surface area contributed by atoms with Gasteiger partial charge in [0.15, 0.2) is 28.5 Å². The molecular weight excluding hydrogens is 552 g/mol. The number of nitrogens with zero attached hydrogens (tertiary/aromatic N) is 3. The van der Waals surface area contributed by atoms with Crippen molar-refractivity contribution in [3.63, 3.8) is 0 Å². The molecule has 0 amide bonds. The van der Waals surface area contributed by atoms with E-state index in [2.05, 4.69) is 16.5 Å². The standard InChI is InChI=1S/C34H29F2N3O4/c1-6-26-31(42-5)17-27-33(38-26)30(13-14-37-27)43-29-12-7-21(15-25(29)36)16-28(40)24-18-39(19(2)3)20(4)32(34(24)41)22-8-10-23(35)11-9-22/h6-15,17-19H,1,16H2,2-5H3. The van der Waals surface area contributed by atoms with Gasteiger partial charge in [-0.25, -0.2) is 13.8 Å². The molecule has 3 aromatic heterocycles. The van der Waals surface area contributed by atoms with E-state index < -0.39 is 22.8 Å². The molecule has 0 N–H and O–H groups in total. The summed E-state index contributed by atoms with van der Waals surface area (Å²) in [4.78, 5) is 35.8. The van der Waals surface area contributed by atoms with E-state index in [-0.39, 0.29) is 29.5 Å². The first kappa shape index (κ1) is 29.3. The lowest BCUT2D eigenvalue weighted by Gasteiger charge is -2.20. The van der Waals surface area contributed by atoms with E-state index in [1.54, 1.807) is 31.3 Å². The van der Waals surface area contributed by atoms with Crippen molar-refractivity contribution in [1.82, 2.24) is 14.5 Å². The highest BCUT2D eigenvalue weighted by atomic mass is 19.1. The van der Waals surface area contributed by atoms with Crippen LogP contribution in [-0.4, -0.2) is 27.4 Å². The lowest BCUT2D eigenvalue weighted by molar-refractivity contribution is 0.0991. The molecule has 0 aliphatic carbocycles. The van der Waals surface area contributed by atoms with Gasteiger partial charge < -0.3 is 14.0 Å². The minimum absolute atomic E-state index is 0.0258. The molecular formula is C34H29F2N3O4. The Morgan fingerprint density at radius 2 is 1.79 bits per heavy atom. The normalized spacial score (nSPS) is 11.1. The van der Waals surface area contributed by atoms with Gasteiger partial charge in [-0.3, -0.25) is 14.6 Å². The highest BCUT2D eigenvalue weighted by Crippen LogP contribution is 2.33. The smallest absolute Gasteiger partial charge is 0.200 e. The van der Waals surface area contributed by atoms with Crippen molar-refractivity contribution in [2.75, 3.05) is 7.11 Å². The van der Waals surface area contributed by atoms with E-state index in [1.807, 2.05) is 18.4 Å². The van der Waals surface area contributed by atoms with Crippen molar-refractivity contribution in [2.45, 2.75) is 33.2 Å². The summed E-state index contributed by atoms with van der Waals surface area (Å²) in [5.74, 6) is -0.888. The number of ketones is 1. The van der Waals surface area contributed by atoms with E-state index in [4.69, 9.17) is 9.47 Å². The average molecular weight is 582 g/mol. The Kier molecular flexibility index (Phi) is 8.16. The second kappa shape index (κ2) is 12.0. The Bertz CT molecular complexity index is 1930. The molecule has 7 nitrogen and oxygen atoms in total. The zero-order chi connectivity index (χ0) is 30.8. The van der Waals surface area contributed by atoms with Crippen molar-refractivity contribution < 1.29 is 23.0 Å². The molecule has 5 aromatic rings. The van der Waals surface area contributed by atoms with Crippen LogP contribution in [-0.2, 0) is 6.42 Å². The fraction of sp³-hybridized carbons (Fsp3) is 0.176. The molecule has 3 heterocycles. The maximum Gasteiger partial charge on any atom is 0.200 e. The molecule has 5 rings (SSSR count). The molecule has 0 saturated carbocycles. The number of fused-ring (bicyclic) bond motifs is 1. The molecule has 0 unspecified atom stereocenters. The fourth-order valence-electron chi connectivity index (χ4n) is 4.99. The molecule has 0 aliphatic rings. The largest absolute Gasteiger partial charge is 0.494 e. The maximum absolute atomic E-state index is 15.3. The number of methoxy groups -OCH3 is 1. The van der Waals surface area contributed by atoms with Crippen LogP contribution in [0.4, 0.5) is 8.78 Å². The lowest BCUT2D eigenvalue weighted by atomic mass is 9.97. The Morgan fingerprint density at radius 3 is 2.44 bits per heavy atom. The van der Waals surface area contributed by atoms with Crippen LogP contribution < -0.4 is 14.9 Å². The van der Waals surface area contributed by atoms with Gasteiger partial charge in [0.05, 0.1) is 18.2 Å². The third-order valence-corrected chi connectivity index (χ3v) is 7.14. The molecule has 0 saturated heterocycles. The highest BCUT2D eigenvalue weighted by Gasteiger charge is 2.21. The molecule has 2 aromatic carbocycles. The number of pyridine rings is 3. The summed E-state index contributed by atoms with van der Waals surface area (Å²) in [5, 5.41) is 0. The summed E-state index contributed by atoms with van der Waals surface area (Å²) >= 11 is 0. The second-order valence-electron chi connectivity index (χ2n) is 10.3. The molecule has 9 heteroatoms. The van der Waals surface area contributed by atoms with Crippen LogP contribution in [0.25, 0.3) is 28.2 Å². The summed E-state index contributed by atoms with van der Waals surface area (Å²) in [6.45, 7) is 9.41. The summed E-state index contributed by atoms with van der Waals surface area (Å²) in [6.07, 6.45) is 4.38. The number of hydrogen-bond acceptors (Lipinski definition) is 6. The van der Waals surface area contributed by atoms with E-state index in [0.29, 0.717) is 44.9 Å². The van der Waals surface area contributed by atoms with Crippen molar-refractivity contribution >= 4 is 22.9 Å². The Hall–Kier alpha value is -5.18.